The summed E-state index contributed by atoms with van der Waals surface area (Å²) in [5.74, 6) is 1.25. The Morgan fingerprint density at radius 3 is 2.11 bits per heavy atom. The number of hydrogen-bond acceptors (Lipinski definition) is 8. The van der Waals surface area contributed by atoms with Crippen molar-refractivity contribution >= 4 is 45.0 Å². The van der Waals surface area contributed by atoms with Crippen molar-refractivity contribution in [2.75, 3.05) is 43.0 Å². The van der Waals surface area contributed by atoms with Gasteiger partial charge in [0.05, 0.1) is 29.2 Å². The van der Waals surface area contributed by atoms with Gasteiger partial charge in [-0.2, -0.15) is 0 Å². The maximum absolute atomic E-state index is 13.2. The van der Waals surface area contributed by atoms with Gasteiger partial charge < -0.3 is 15.0 Å². The average Bonchev–Trinajstić information content (AvgIpc) is 3.44. The number of benzene rings is 3. The third kappa shape index (κ3) is 5.67. The molecule has 0 bridgehead atoms. The van der Waals surface area contributed by atoms with E-state index in [0.717, 1.165) is 79.3 Å². The second kappa shape index (κ2) is 12.8. The fourth-order valence-electron chi connectivity index (χ4n) is 6.55. The van der Waals surface area contributed by atoms with Crippen LogP contribution in [0.2, 0.25) is 0 Å². The van der Waals surface area contributed by atoms with Crippen molar-refractivity contribution in [3.05, 3.63) is 112 Å². The largest absolute Gasteiger partial charge is 0.462 e. The van der Waals surface area contributed by atoms with Gasteiger partial charge in [-0.15, -0.1) is 11.3 Å². The lowest BCUT2D eigenvalue weighted by Gasteiger charge is -2.40. The number of nitrogens with one attached hydrogen (secondary N) is 1. The van der Waals surface area contributed by atoms with E-state index in [1.165, 1.54) is 16.0 Å². The summed E-state index contributed by atoms with van der Waals surface area (Å²) >= 11 is 1.66. The number of fused-ring (bicyclic) bond motifs is 2. The Morgan fingerprint density at radius 2 is 1.45 bits per heavy atom. The lowest BCUT2D eigenvalue weighted by molar-refractivity contribution is 0.0526. The summed E-state index contributed by atoms with van der Waals surface area (Å²) in [4.78, 5) is 29.6. The van der Waals surface area contributed by atoms with Crippen LogP contribution in [0.25, 0.3) is 11.0 Å². The zero-order valence-electron chi connectivity index (χ0n) is 25.0. The van der Waals surface area contributed by atoms with E-state index in [-0.39, 0.29) is 12.0 Å². The molecule has 3 heterocycles. The highest BCUT2D eigenvalue weighted by Gasteiger charge is 2.30. The normalized spacial score (nSPS) is 15.4. The van der Waals surface area contributed by atoms with Crippen molar-refractivity contribution < 1.29 is 9.53 Å². The first kappa shape index (κ1) is 28.5. The number of nitrogens with zero attached hydrogens (tertiary/aromatic N) is 4. The third-order valence-electron chi connectivity index (χ3n) is 8.64. The van der Waals surface area contributed by atoms with Gasteiger partial charge in [0.2, 0.25) is 0 Å². The topological polar surface area (TPSA) is 70.6 Å². The number of carbonyl (C=O) groups excluding carboxylic acids is 1. The molecule has 1 fully saturated rings. The van der Waals surface area contributed by atoms with E-state index in [0.29, 0.717) is 18.0 Å². The molecule has 0 unspecified atom stereocenters. The summed E-state index contributed by atoms with van der Waals surface area (Å²) in [6, 6.07) is 29.7. The smallest absolute Gasteiger partial charge is 0.341 e. The summed E-state index contributed by atoms with van der Waals surface area (Å²) in [5, 5.41) is 4.41. The minimum Gasteiger partial charge on any atom is -0.462 e. The zero-order valence-corrected chi connectivity index (χ0v) is 25.9. The molecule has 5 aromatic rings. The summed E-state index contributed by atoms with van der Waals surface area (Å²) < 4.78 is 5.53. The van der Waals surface area contributed by atoms with Crippen LogP contribution < -0.4 is 10.2 Å². The Bertz CT molecular complexity index is 1710. The van der Waals surface area contributed by atoms with Crippen LogP contribution in [0.3, 0.4) is 0 Å². The van der Waals surface area contributed by atoms with E-state index >= 15 is 0 Å². The molecule has 3 aromatic carbocycles. The molecule has 224 valence electrons. The molecule has 0 radical (unpaired) electrons. The van der Waals surface area contributed by atoms with Gasteiger partial charge in [0.25, 0.3) is 0 Å². The number of ether oxygens (including phenoxy) is 1. The van der Waals surface area contributed by atoms with E-state index in [1.807, 2.05) is 31.2 Å². The van der Waals surface area contributed by atoms with Gasteiger partial charge in [-0.1, -0.05) is 72.8 Å². The summed E-state index contributed by atoms with van der Waals surface area (Å²) in [7, 11) is 0. The van der Waals surface area contributed by atoms with Crippen molar-refractivity contribution in [1.29, 1.82) is 0 Å². The minimum absolute atomic E-state index is 0.185. The predicted octanol–water partition coefficient (Wildman–Crippen LogP) is 7.40. The molecule has 2 aromatic heterocycles. The first-order valence-electron chi connectivity index (χ1n) is 15.6. The van der Waals surface area contributed by atoms with Gasteiger partial charge in [0.1, 0.15) is 5.00 Å². The zero-order chi connectivity index (χ0) is 29.9. The highest BCUT2D eigenvalue weighted by atomic mass is 32.1. The Balaban J connectivity index is 1.21. The number of anilines is 3. The monoisotopic (exact) mass is 603 g/mol. The van der Waals surface area contributed by atoms with Crippen molar-refractivity contribution in [1.82, 2.24) is 14.9 Å². The molecular formula is C36H37N5O2S. The van der Waals surface area contributed by atoms with Crippen molar-refractivity contribution in [2.24, 2.45) is 0 Å². The van der Waals surface area contributed by atoms with Gasteiger partial charge in [-0.25, -0.2) is 14.8 Å². The third-order valence-corrected chi connectivity index (χ3v) is 9.85. The van der Waals surface area contributed by atoms with E-state index < -0.39 is 0 Å². The number of aromatic nitrogens is 2. The van der Waals surface area contributed by atoms with E-state index in [9.17, 15) is 4.79 Å². The fourth-order valence-corrected chi connectivity index (χ4v) is 7.83. The van der Waals surface area contributed by atoms with Gasteiger partial charge >= 0.3 is 5.97 Å². The van der Waals surface area contributed by atoms with Crippen molar-refractivity contribution in [2.45, 2.75) is 38.6 Å². The molecule has 1 aliphatic carbocycles. The molecular weight excluding hydrogens is 566 g/mol. The van der Waals surface area contributed by atoms with Gasteiger partial charge in [0.15, 0.2) is 11.6 Å². The molecule has 1 saturated heterocycles. The number of rotatable bonds is 8. The van der Waals surface area contributed by atoms with Crippen LogP contribution in [0.4, 0.5) is 16.6 Å². The Labute approximate surface area is 262 Å². The Hall–Kier alpha value is -4.27. The van der Waals surface area contributed by atoms with Crippen LogP contribution in [0, 0.1) is 0 Å². The molecule has 7 nitrogen and oxygen atoms in total. The maximum atomic E-state index is 13.2. The fraction of sp³-hybridized carbons (Fsp3) is 0.306. The molecule has 2 aliphatic rings. The van der Waals surface area contributed by atoms with E-state index in [2.05, 4.69) is 75.8 Å². The van der Waals surface area contributed by atoms with Crippen LogP contribution >= 0.6 is 11.3 Å². The second-order valence-corrected chi connectivity index (χ2v) is 12.5. The molecule has 1 aliphatic heterocycles. The Morgan fingerprint density at radius 1 is 0.841 bits per heavy atom. The van der Waals surface area contributed by atoms with Gasteiger partial charge in [-0.05, 0) is 61.4 Å². The van der Waals surface area contributed by atoms with Crippen LogP contribution in [0.15, 0.2) is 84.9 Å². The number of para-hydroxylation sites is 2. The van der Waals surface area contributed by atoms with Gasteiger partial charge in [0, 0.05) is 31.1 Å². The van der Waals surface area contributed by atoms with Crippen molar-refractivity contribution in [3.63, 3.8) is 0 Å². The first-order chi connectivity index (χ1) is 21.7. The van der Waals surface area contributed by atoms with E-state index in [4.69, 9.17) is 14.7 Å². The maximum Gasteiger partial charge on any atom is 0.341 e. The molecule has 44 heavy (non-hydrogen) atoms. The summed E-state index contributed by atoms with van der Waals surface area (Å²) in [6.45, 7) is 5.58. The SMILES string of the molecule is CCOC(=O)c1c(Nc2nc3ccccc3nc2N2CCN(C(c3ccccc3)c3ccccc3)CC2)sc2c1CCCC2. The highest BCUT2D eigenvalue weighted by Crippen LogP contribution is 2.41. The quantitative estimate of drug-likeness (QED) is 0.185. The van der Waals surface area contributed by atoms with Crippen LogP contribution in [0.5, 0.6) is 0 Å². The molecule has 8 heteroatoms. The molecule has 0 amide bonds. The number of esters is 1. The van der Waals surface area contributed by atoms with Crippen LogP contribution in [-0.2, 0) is 17.6 Å². The lowest BCUT2D eigenvalue weighted by atomic mass is 9.95. The molecule has 0 spiro atoms. The summed E-state index contributed by atoms with van der Waals surface area (Å²) in [5.41, 5.74) is 6.09. The molecule has 0 saturated carbocycles. The first-order valence-corrected chi connectivity index (χ1v) is 16.5. The van der Waals surface area contributed by atoms with Gasteiger partial charge in [-0.3, -0.25) is 4.90 Å². The van der Waals surface area contributed by atoms with Crippen LogP contribution in [0.1, 0.15) is 57.7 Å². The number of piperazine rings is 1. The number of aryl methyl sites for hydroxylation is 1. The summed E-state index contributed by atoms with van der Waals surface area (Å²) in [6.07, 6.45) is 4.14. The Kier molecular flexibility index (Phi) is 8.27. The van der Waals surface area contributed by atoms with Crippen molar-refractivity contribution in [3.8, 4) is 0 Å². The van der Waals surface area contributed by atoms with Crippen LogP contribution in [-0.4, -0.2) is 53.6 Å². The molecule has 7 rings (SSSR count). The standard InChI is InChI=1S/C36H37N5O2S/c1-2-43-36(42)31-27-17-9-12-20-30(27)44-35(31)39-33-34(38-29-19-11-10-18-28(29)37-33)41-23-21-40(22-24-41)32(25-13-5-3-6-14-25)26-15-7-4-8-16-26/h3-8,10-11,13-16,18-19,32H,2,9,12,17,20-24H2,1H3,(H,37,39). The highest BCUT2D eigenvalue weighted by molar-refractivity contribution is 7.16. The number of carbonyl (C=O) groups is 1. The van der Waals surface area contributed by atoms with E-state index in [1.54, 1.807) is 11.3 Å². The number of thiophene rings is 1. The average molecular weight is 604 g/mol. The minimum atomic E-state index is -0.258. The lowest BCUT2D eigenvalue weighted by Crippen LogP contribution is -2.48. The second-order valence-electron chi connectivity index (χ2n) is 11.4. The predicted molar refractivity (Wildman–Crippen MR) is 178 cm³/mol. The number of hydrogen-bond donors (Lipinski definition) is 1. The molecule has 1 N–H and O–H groups in total. The molecule has 0 atom stereocenters.